The second kappa shape index (κ2) is 8.47. The van der Waals surface area contributed by atoms with E-state index in [2.05, 4.69) is 0 Å². The highest BCUT2D eigenvalue weighted by Gasteiger charge is 2.46. The van der Waals surface area contributed by atoms with Gasteiger partial charge in [-0.2, -0.15) is 0 Å². The highest BCUT2D eigenvalue weighted by atomic mass is 19.1. The Bertz CT molecular complexity index is 983. The number of nitrogens with zero attached hydrogens (tertiary/aromatic N) is 1. The fraction of sp³-hybridized carbons (Fsp3) is 0.304. The fourth-order valence-electron chi connectivity index (χ4n) is 3.60. The van der Waals surface area contributed by atoms with Gasteiger partial charge in [0.25, 0.3) is 11.7 Å². The average molecular weight is 397 g/mol. The number of aliphatic hydroxyl groups is 1. The summed E-state index contributed by atoms with van der Waals surface area (Å²) in [5, 5.41) is 11.0. The summed E-state index contributed by atoms with van der Waals surface area (Å²) in [6.07, 6.45) is 1.56. The third-order valence-electron chi connectivity index (χ3n) is 5.16. The van der Waals surface area contributed by atoms with Gasteiger partial charge in [0.15, 0.2) is 0 Å². The Hall–Kier alpha value is -3.15. The van der Waals surface area contributed by atoms with Gasteiger partial charge < -0.3 is 14.7 Å². The summed E-state index contributed by atoms with van der Waals surface area (Å²) in [7, 11) is 1.51. The smallest absolute Gasteiger partial charge is 0.295 e. The number of aryl methyl sites for hydroxylation is 1. The molecule has 0 aliphatic carbocycles. The maximum absolute atomic E-state index is 13.7. The molecule has 1 aliphatic heterocycles. The molecule has 1 amide bonds. The topological polar surface area (TPSA) is 66.8 Å². The molecule has 2 aromatic carbocycles. The van der Waals surface area contributed by atoms with E-state index in [1.165, 1.54) is 30.2 Å². The van der Waals surface area contributed by atoms with Crippen molar-refractivity contribution < 1.29 is 23.8 Å². The molecule has 0 spiro atoms. The number of carbonyl (C=O) groups is 2. The van der Waals surface area contributed by atoms with Crippen molar-refractivity contribution in [1.82, 2.24) is 4.90 Å². The first-order chi connectivity index (χ1) is 13.9. The zero-order valence-electron chi connectivity index (χ0n) is 16.7. The highest BCUT2D eigenvalue weighted by Crippen LogP contribution is 2.42. The van der Waals surface area contributed by atoms with Gasteiger partial charge in [-0.1, -0.05) is 31.5 Å². The maximum atomic E-state index is 13.7. The van der Waals surface area contributed by atoms with Crippen molar-refractivity contribution in [3.8, 4) is 5.75 Å². The van der Waals surface area contributed by atoms with E-state index in [-0.39, 0.29) is 16.9 Å². The number of benzene rings is 2. The second-order valence-corrected chi connectivity index (χ2v) is 7.05. The normalized spacial score (nSPS) is 18.3. The number of likely N-dealkylation sites (tertiary alicyclic amines) is 1. The van der Waals surface area contributed by atoms with Gasteiger partial charge in [-0.15, -0.1) is 0 Å². The molecule has 152 valence electrons. The SMILES string of the molecule is CCCCN1C(=O)C(=O)/C(=C(/O)c2ccc(F)c(C)c2)C1c1ccccc1OC. The second-order valence-electron chi connectivity index (χ2n) is 7.05. The molecule has 0 radical (unpaired) electrons. The molecule has 1 heterocycles. The van der Waals surface area contributed by atoms with Gasteiger partial charge in [0, 0.05) is 17.7 Å². The van der Waals surface area contributed by atoms with Crippen molar-refractivity contribution in [3.63, 3.8) is 0 Å². The Labute approximate surface area is 169 Å². The van der Waals surface area contributed by atoms with Crippen molar-refractivity contribution in [2.75, 3.05) is 13.7 Å². The van der Waals surface area contributed by atoms with Gasteiger partial charge in [-0.05, 0) is 43.2 Å². The molecule has 0 bridgehead atoms. The molecule has 1 N–H and O–H groups in total. The van der Waals surface area contributed by atoms with E-state index in [9.17, 15) is 19.1 Å². The van der Waals surface area contributed by atoms with Crippen LogP contribution in [0, 0.1) is 12.7 Å². The largest absolute Gasteiger partial charge is 0.507 e. The number of halogens is 1. The van der Waals surface area contributed by atoms with Crippen LogP contribution in [-0.2, 0) is 9.59 Å². The number of hydrogen-bond acceptors (Lipinski definition) is 4. The van der Waals surface area contributed by atoms with Crippen molar-refractivity contribution in [2.45, 2.75) is 32.7 Å². The van der Waals surface area contributed by atoms with E-state index in [0.717, 1.165) is 6.42 Å². The van der Waals surface area contributed by atoms with Crippen molar-refractivity contribution in [2.24, 2.45) is 0 Å². The van der Waals surface area contributed by atoms with Gasteiger partial charge in [-0.25, -0.2) is 4.39 Å². The van der Waals surface area contributed by atoms with Gasteiger partial charge in [0.2, 0.25) is 0 Å². The summed E-state index contributed by atoms with van der Waals surface area (Å²) in [6.45, 7) is 3.95. The Morgan fingerprint density at radius 3 is 2.59 bits per heavy atom. The van der Waals surface area contributed by atoms with Gasteiger partial charge in [0.05, 0.1) is 18.7 Å². The van der Waals surface area contributed by atoms with Gasteiger partial charge >= 0.3 is 0 Å². The summed E-state index contributed by atoms with van der Waals surface area (Å²) >= 11 is 0. The van der Waals surface area contributed by atoms with E-state index in [1.54, 1.807) is 31.2 Å². The maximum Gasteiger partial charge on any atom is 0.295 e. The number of unbranched alkanes of at least 4 members (excludes halogenated alkanes) is 1. The number of hydrogen-bond donors (Lipinski definition) is 1. The van der Waals surface area contributed by atoms with Crippen LogP contribution in [-0.4, -0.2) is 35.4 Å². The van der Waals surface area contributed by atoms with Crippen LogP contribution >= 0.6 is 0 Å². The Balaban J connectivity index is 2.22. The molecule has 1 atom stereocenters. The molecule has 1 aliphatic rings. The van der Waals surface area contributed by atoms with Crippen LogP contribution in [0.5, 0.6) is 5.75 Å². The lowest BCUT2D eigenvalue weighted by Gasteiger charge is -2.26. The van der Waals surface area contributed by atoms with Gasteiger partial charge in [-0.3, -0.25) is 9.59 Å². The number of carbonyl (C=O) groups excluding carboxylic acids is 2. The number of ketones is 1. The summed E-state index contributed by atoms with van der Waals surface area (Å²) in [4.78, 5) is 27.2. The van der Waals surface area contributed by atoms with Crippen LogP contribution in [0.4, 0.5) is 4.39 Å². The fourth-order valence-corrected chi connectivity index (χ4v) is 3.60. The molecule has 29 heavy (non-hydrogen) atoms. The number of ether oxygens (including phenoxy) is 1. The third kappa shape index (κ3) is 3.75. The van der Waals surface area contributed by atoms with Crippen LogP contribution in [0.2, 0.25) is 0 Å². The molecule has 5 nitrogen and oxygen atoms in total. The lowest BCUT2D eigenvalue weighted by atomic mass is 9.94. The van der Waals surface area contributed by atoms with Crippen molar-refractivity contribution >= 4 is 17.4 Å². The minimum Gasteiger partial charge on any atom is -0.507 e. The van der Waals surface area contributed by atoms with E-state index in [1.807, 2.05) is 6.92 Å². The van der Waals surface area contributed by atoms with E-state index in [0.29, 0.717) is 29.8 Å². The molecular formula is C23H24FNO4. The zero-order chi connectivity index (χ0) is 21.1. The minimum absolute atomic E-state index is 0.0124. The monoisotopic (exact) mass is 397 g/mol. The molecule has 0 aromatic heterocycles. The van der Waals surface area contributed by atoms with Crippen LogP contribution in [0.3, 0.4) is 0 Å². The standard InChI is InChI=1S/C23H24FNO4/c1-4-5-12-25-20(16-8-6-7-9-18(16)29-3)19(22(27)23(25)28)21(26)15-10-11-17(24)14(2)13-15/h6-11,13,20,26H,4-5,12H2,1-3H3/b21-19+. The Morgan fingerprint density at radius 2 is 1.93 bits per heavy atom. The summed E-state index contributed by atoms with van der Waals surface area (Å²) in [5.41, 5.74) is 1.23. The zero-order valence-corrected chi connectivity index (χ0v) is 16.7. The Kier molecular flexibility index (Phi) is 6.01. The average Bonchev–Trinajstić information content (AvgIpc) is 2.98. The first-order valence-electron chi connectivity index (χ1n) is 9.58. The predicted octanol–water partition coefficient (Wildman–Crippen LogP) is 4.36. The van der Waals surface area contributed by atoms with Crippen molar-refractivity contribution in [1.29, 1.82) is 0 Å². The predicted molar refractivity (Wildman–Crippen MR) is 108 cm³/mol. The number of aliphatic hydroxyl groups excluding tert-OH is 1. The van der Waals surface area contributed by atoms with Crippen LogP contribution < -0.4 is 4.74 Å². The van der Waals surface area contributed by atoms with Gasteiger partial charge in [0.1, 0.15) is 17.3 Å². The third-order valence-corrected chi connectivity index (χ3v) is 5.16. The molecule has 0 saturated carbocycles. The first-order valence-corrected chi connectivity index (χ1v) is 9.58. The van der Waals surface area contributed by atoms with E-state index < -0.39 is 23.5 Å². The van der Waals surface area contributed by atoms with Crippen LogP contribution in [0.1, 0.15) is 42.5 Å². The molecular weight excluding hydrogens is 373 g/mol. The summed E-state index contributed by atoms with van der Waals surface area (Å²) in [6, 6.07) is 10.4. The molecule has 1 fully saturated rings. The van der Waals surface area contributed by atoms with Crippen LogP contribution in [0.25, 0.3) is 5.76 Å². The molecule has 3 rings (SSSR count). The number of amides is 1. The lowest BCUT2D eigenvalue weighted by Crippen LogP contribution is -2.30. The number of methoxy groups -OCH3 is 1. The quantitative estimate of drug-likeness (QED) is 0.447. The minimum atomic E-state index is -0.775. The molecule has 6 heteroatoms. The lowest BCUT2D eigenvalue weighted by molar-refractivity contribution is -0.139. The summed E-state index contributed by atoms with van der Waals surface area (Å²) in [5.74, 6) is -1.62. The van der Waals surface area contributed by atoms with Crippen molar-refractivity contribution in [3.05, 3.63) is 70.5 Å². The number of para-hydroxylation sites is 1. The van der Waals surface area contributed by atoms with E-state index in [4.69, 9.17) is 4.74 Å². The Morgan fingerprint density at radius 1 is 1.21 bits per heavy atom. The highest BCUT2D eigenvalue weighted by molar-refractivity contribution is 6.46. The molecule has 1 saturated heterocycles. The first kappa shape index (κ1) is 20.6. The number of rotatable bonds is 6. The van der Waals surface area contributed by atoms with Crippen LogP contribution in [0.15, 0.2) is 48.0 Å². The number of Topliss-reactive ketones (excluding diaryl/α,β-unsaturated/α-hetero) is 1. The summed E-state index contributed by atoms with van der Waals surface area (Å²) < 4.78 is 19.1. The van der Waals surface area contributed by atoms with E-state index >= 15 is 0 Å². The molecule has 2 aromatic rings. The molecule has 1 unspecified atom stereocenters.